The van der Waals surface area contributed by atoms with E-state index in [4.69, 9.17) is 10.5 Å². The number of ether oxygens (including phenoxy) is 1. The molecule has 108 valence electrons. The number of amides is 1. The Balaban J connectivity index is 1.80. The van der Waals surface area contributed by atoms with Crippen LogP contribution in [0.3, 0.4) is 0 Å². The molecule has 21 heavy (non-hydrogen) atoms. The van der Waals surface area contributed by atoms with Crippen molar-refractivity contribution >= 4 is 11.6 Å². The van der Waals surface area contributed by atoms with Crippen LogP contribution < -0.4 is 11.1 Å². The van der Waals surface area contributed by atoms with Gasteiger partial charge >= 0.3 is 0 Å². The molecule has 0 aliphatic heterocycles. The lowest BCUT2D eigenvalue weighted by Gasteiger charge is -2.12. The van der Waals surface area contributed by atoms with Crippen LogP contribution in [0.25, 0.3) is 11.1 Å². The first-order chi connectivity index (χ1) is 10.2. The van der Waals surface area contributed by atoms with Crippen LogP contribution in [0.4, 0.5) is 5.69 Å². The fraction of sp³-hybridized carbons (Fsp3) is 0.235. The molecule has 1 aliphatic rings. The number of hydrogen-bond acceptors (Lipinski definition) is 3. The Morgan fingerprint density at radius 1 is 1.24 bits per heavy atom. The summed E-state index contributed by atoms with van der Waals surface area (Å²) < 4.78 is 4.89. The number of methoxy groups -OCH3 is 1. The lowest BCUT2D eigenvalue weighted by molar-refractivity contribution is -0.118. The highest BCUT2D eigenvalue weighted by Crippen LogP contribution is 2.37. The summed E-state index contributed by atoms with van der Waals surface area (Å²) in [5.41, 5.74) is 11.6. The molecule has 4 nitrogen and oxygen atoms in total. The average Bonchev–Trinajstić information content (AvgIpc) is 2.85. The second-order valence-corrected chi connectivity index (χ2v) is 5.26. The summed E-state index contributed by atoms with van der Waals surface area (Å²) in [5.74, 6) is -0.229. The third kappa shape index (κ3) is 2.68. The quantitative estimate of drug-likeness (QED) is 0.771. The number of hydrogen-bond donors (Lipinski definition) is 2. The van der Waals surface area contributed by atoms with Crippen LogP contribution in [0.1, 0.15) is 11.1 Å². The van der Waals surface area contributed by atoms with Crippen LogP contribution in [0.15, 0.2) is 42.5 Å². The molecule has 1 atom stereocenters. The molecule has 2 aromatic carbocycles. The van der Waals surface area contributed by atoms with Gasteiger partial charge in [0, 0.05) is 12.8 Å². The number of benzene rings is 2. The normalized spacial score (nSPS) is 13.4. The first-order valence-corrected chi connectivity index (χ1v) is 6.95. The minimum Gasteiger partial charge on any atom is -0.383 e. The molecule has 0 radical (unpaired) electrons. The Morgan fingerprint density at radius 3 is 2.81 bits per heavy atom. The summed E-state index contributed by atoms with van der Waals surface area (Å²) in [5, 5.41) is 2.84. The molecule has 3 N–H and O–H groups in total. The number of nitrogens with one attached hydrogen (secondary N) is 1. The van der Waals surface area contributed by atoms with Crippen molar-refractivity contribution in [3.63, 3.8) is 0 Å². The highest BCUT2D eigenvalue weighted by molar-refractivity contribution is 5.95. The van der Waals surface area contributed by atoms with Crippen LogP contribution >= 0.6 is 0 Å². The molecule has 0 aromatic heterocycles. The largest absolute Gasteiger partial charge is 0.383 e. The number of carbonyl (C=O) groups excluding carboxylic acids is 1. The van der Waals surface area contributed by atoms with Crippen LogP contribution in [-0.2, 0) is 16.0 Å². The zero-order valence-electron chi connectivity index (χ0n) is 11.9. The monoisotopic (exact) mass is 282 g/mol. The van der Waals surface area contributed by atoms with Gasteiger partial charge in [0.15, 0.2) is 0 Å². The van der Waals surface area contributed by atoms with E-state index in [0.717, 1.165) is 12.1 Å². The molecule has 3 rings (SSSR count). The minimum absolute atomic E-state index is 0.211. The van der Waals surface area contributed by atoms with Crippen molar-refractivity contribution in [3.05, 3.63) is 53.6 Å². The zero-order valence-corrected chi connectivity index (χ0v) is 11.9. The summed E-state index contributed by atoms with van der Waals surface area (Å²) in [6.07, 6.45) is 0.902. The topological polar surface area (TPSA) is 64.3 Å². The van der Waals surface area contributed by atoms with E-state index in [-0.39, 0.29) is 12.5 Å². The van der Waals surface area contributed by atoms with E-state index in [1.807, 2.05) is 18.2 Å². The average molecular weight is 282 g/mol. The van der Waals surface area contributed by atoms with Crippen molar-refractivity contribution in [2.24, 2.45) is 5.73 Å². The molecule has 0 saturated carbocycles. The standard InChI is InChI=1S/C17H18N2O2/c1-21-10-16(18)17(20)19-13-6-7-15-12(9-13)8-11-4-2-3-5-14(11)15/h2-7,9,16H,8,10,18H2,1H3,(H,19,20). The number of anilines is 1. The molecule has 1 unspecified atom stereocenters. The smallest absolute Gasteiger partial charge is 0.243 e. The van der Waals surface area contributed by atoms with Gasteiger partial charge in [0.2, 0.25) is 5.91 Å². The summed E-state index contributed by atoms with van der Waals surface area (Å²) in [6, 6.07) is 13.7. The number of fused-ring (bicyclic) bond motifs is 3. The van der Waals surface area contributed by atoms with E-state index < -0.39 is 6.04 Å². The number of nitrogens with two attached hydrogens (primary N) is 1. The van der Waals surface area contributed by atoms with Gasteiger partial charge in [-0.1, -0.05) is 30.3 Å². The lowest BCUT2D eigenvalue weighted by atomic mass is 10.1. The van der Waals surface area contributed by atoms with Crippen molar-refractivity contribution in [1.29, 1.82) is 0 Å². The predicted molar refractivity (Wildman–Crippen MR) is 83.2 cm³/mol. The lowest BCUT2D eigenvalue weighted by Crippen LogP contribution is -2.39. The first kappa shape index (κ1) is 13.8. The van der Waals surface area contributed by atoms with Crippen molar-refractivity contribution in [2.75, 3.05) is 19.0 Å². The fourth-order valence-electron chi connectivity index (χ4n) is 2.71. The molecule has 0 bridgehead atoms. The highest BCUT2D eigenvalue weighted by atomic mass is 16.5. The third-order valence-corrected chi connectivity index (χ3v) is 3.74. The Hall–Kier alpha value is -2.17. The van der Waals surface area contributed by atoms with E-state index >= 15 is 0 Å². The Labute approximate surface area is 123 Å². The molecule has 1 aliphatic carbocycles. The van der Waals surface area contributed by atoms with Crippen LogP contribution in [0.5, 0.6) is 0 Å². The number of rotatable bonds is 4. The summed E-state index contributed by atoms with van der Waals surface area (Å²) in [6.45, 7) is 0.211. The van der Waals surface area contributed by atoms with E-state index in [1.54, 1.807) is 0 Å². The van der Waals surface area contributed by atoms with Gasteiger partial charge in [-0.3, -0.25) is 4.79 Å². The maximum Gasteiger partial charge on any atom is 0.243 e. The Bertz CT molecular complexity index is 682. The summed E-state index contributed by atoms with van der Waals surface area (Å²) in [7, 11) is 1.53. The summed E-state index contributed by atoms with van der Waals surface area (Å²) >= 11 is 0. The molecule has 0 fully saturated rings. The minimum atomic E-state index is -0.652. The van der Waals surface area contributed by atoms with Crippen LogP contribution in [0, 0.1) is 0 Å². The van der Waals surface area contributed by atoms with Crippen molar-refractivity contribution in [1.82, 2.24) is 0 Å². The fourth-order valence-corrected chi connectivity index (χ4v) is 2.71. The van der Waals surface area contributed by atoms with Crippen LogP contribution in [-0.4, -0.2) is 25.7 Å². The van der Waals surface area contributed by atoms with E-state index in [2.05, 4.69) is 29.6 Å². The second-order valence-electron chi connectivity index (χ2n) is 5.26. The molecule has 4 heteroatoms. The van der Waals surface area contributed by atoms with Crippen LogP contribution in [0.2, 0.25) is 0 Å². The maximum absolute atomic E-state index is 11.9. The third-order valence-electron chi connectivity index (χ3n) is 3.74. The molecule has 0 spiro atoms. The number of carbonyl (C=O) groups is 1. The van der Waals surface area contributed by atoms with E-state index in [0.29, 0.717) is 0 Å². The van der Waals surface area contributed by atoms with Crippen molar-refractivity contribution < 1.29 is 9.53 Å². The molecule has 2 aromatic rings. The van der Waals surface area contributed by atoms with Gasteiger partial charge < -0.3 is 15.8 Å². The Morgan fingerprint density at radius 2 is 2.00 bits per heavy atom. The maximum atomic E-state index is 11.9. The van der Waals surface area contributed by atoms with Gasteiger partial charge in [-0.15, -0.1) is 0 Å². The van der Waals surface area contributed by atoms with Gasteiger partial charge in [0.25, 0.3) is 0 Å². The van der Waals surface area contributed by atoms with Gasteiger partial charge in [-0.25, -0.2) is 0 Å². The molecule has 0 heterocycles. The van der Waals surface area contributed by atoms with Gasteiger partial charge in [-0.05, 0) is 40.8 Å². The zero-order chi connectivity index (χ0) is 14.8. The van der Waals surface area contributed by atoms with Crippen molar-refractivity contribution in [3.8, 4) is 11.1 Å². The molecular weight excluding hydrogens is 264 g/mol. The Kier molecular flexibility index (Phi) is 3.73. The first-order valence-electron chi connectivity index (χ1n) is 6.95. The molecule has 0 saturated heterocycles. The molecule has 1 amide bonds. The highest BCUT2D eigenvalue weighted by Gasteiger charge is 2.19. The SMILES string of the molecule is COCC(N)C(=O)Nc1ccc2c(c1)Cc1ccccc1-2. The predicted octanol–water partition coefficient (Wildman–Crippen LogP) is 2.17. The van der Waals surface area contributed by atoms with E-state index in [9.17, 15) is 4.79 Å². The molecular formula is C17H18N2O2. The van der Waals surface area contributed by atoms with Crippen molar-refractivity contribution in [2.45, 2.75) is 12.5 Å². The van der Waals surface area contributed by atoms with Gasteiger partial charge in [0.05, 0.1) is 6.61 Å². The summed E-state index contributed by atoms with van der Waals surface area (Å²) in [4.78, 5) is 11.9. The second kappa shape index (κ2) is 5.68. The van der Waals surface area contributed by atoms with Gasteiger partial charge in [-0.2, -0.15) is 0 Å². The van der Waals surface area contributed by atoms with Gasteiger partial charge in [0.1, 0.15) is 6.04 Å². The van der Waals surface area contributed by atoms with E-state index in [1.165, 1.54) is 29.4 Å².